The van der Waals surface area contributed by atoms with Gasteiger partial charge in [0.2, 0.25) is 5.95 Å². The lowest BCUT2D eigenvalue weighted by Crippen LogP contribution is -2.60. The number of nitrogens with zero attached hydrogens (tertiary/aromatic N) is 4. The highest BCUT2D eigenvalue weighted by Crippen LogP contribution is 2.40. The third-order valence-corrected chi connectivity index (χ3v) is 7.43. The molecule has 196 valence electrons. The van der Waals surface area contributed by atoms with Gasteiger partial charge in [0, 0.05) is 42.7 Å². The summed E-state index contributed by atoms with van der Waals surface area (Å²) in [5.74, 6) is 0.989. The molecule has 2 fully saturated rings. The van der Waals surface area contributed by atoms with Gasteiger partial charge in [0.25, 0.3) is 11.5 Å². The molecule has 37 heavy (non-hydrogen) atoms. The largest absolute Gasteiger partial charge is 0.478 e. The Bertz CT molecular complexity index is 1380. The van der Waals surface area contributed by atoms with Crippen molar-refractivity contribution >= 4 is 45.9 Å². The van der Waals surface area contributed by atoms with Crippen LogP contribution < -0.4 is 31.1 Å². The minimum atomic E-state index is -0.312. The van der Waals surface area contributed by atoms with E-state index in [1.54, 1.807) is 16.8 Å². The number of halogens is 1. The van der Waals surface area contributed by atoms with Crippen molar-refractivity contribution in [2.75, 3.05) is 50.1 Å². The fourth-order valence-electron chi connectivity index (χ4n) is 5.14. The summed E-state index contributed by atoms with van der Waals surface area (Å²) < 4.78 is 7.22. The van der Waals surface area contributed by atoms with Crippen LogP contribution in [0.3, 0.4) is 0 Å². The van der Waals surface area contributed by atoms with E-state index in [1.807, 2.05) is 32.0 Å². The van der Waals surface area contributed by atoms with E-state index in [1.165, 1.54) is 19.9 Å². The van der Waals surface area contributed by atoms with Gasteiger partial charge in [-0.05, 0) is 64.0 Å². The number of rotatable bonds is 7. The van der Waals surface area contributed by atoms with Crippen molar-refractivity contribution in [1.82, 2.24) is 25.2 Å². The van der Waals surface area contributed by atoms with Gasteiger partial charge in [-0.15, -0.1) is 0 Å². The SMILES string of the molecule is CNC(=O)COc1cc2cc(Nc3nc(N4CC5(CCNCC5)C4)ncc3Cl)ccc2n(C(C)C)c1=O. The van der Waals surface area contributed by atoms with Crippen molar-refractivity contribution < 1.29 is 9.53 Å². The van der Waals surface area contributed by atoms with Gasteiger partial charge < -0.3 is 30.2 Å². The van der Waals surface area contributed by atoms with E-state index in [0.717, 1.165) is 42.8 Å². The third-order valence-electron chi connectivity index (χ3n) is 7.15. The molecule has 2 saturated heterocycles. The number of hydrogen-bond donors (Lipinski definition) is 3. The molecule has 2 aliphatic heterocycles. The summed E-state index contributed by atoms with van der Waals surface area (Å²) in [4.78, 5) is 36.1. The first-order valence-corrected chi connectivity index (χ1v) is 12.9. The van der Waals surface area contributed by atoms with Crippen LogP contribution in [0.5, 0.6) is 5.75 Å². The minimum absolute atomic E-state index is 0.101. The summed E-state index contributed by atoms with van der Waals surface area (Å²) in [5.41, 5.74) is 1.60. The molecule has 3 N–H and O–H groups in total. The van der Waals surface area contributed by atoms with Crippen molar-refractivity contribution in [2.24, 2.45) is 5.41 Å². The molecule has 2 aromatic heterocycles. The van der Waals surface area contributed by atoms with E-state index in [9.17, 15) is 9.59 Å². The van der Waals surface area contributed by atoms with Gasteiger partial charge in [0.05, 0.1) is 11.7 Å². The number of aromatic nitrogens is 3. The second-order valence-corrected chi connectivity index (χ2v) is 10.5. The Hall–Kier alpha value is -3.37. The highest BCUT2D eigenvalue weighted by molar-refractivity contribution is 6.32. The molecule has 1 amide bonds. The molecule has 0 atom stereocenters. The lowest BCUT2D eigenvalue weighted by Gasteiger charge is -2.52. The molecule has 5 rings (SSSR count). The molecule has 0 saturated carbocycles. The average molecular weight is 526 g/mol. The number of benzene rings is 1. The van der Waals surface area contributed by atoms with Crippen molar-refractivity contribution in [3.63, 3.8) is 0 Å². The lowest BCUT2D eigenvalue weighted by molar-refractivity contribution is -0.122. The van der Waals surface area contributed by atoms with Crippen LogP contribution >= 0.6 is 11.6 Å². The van der Waals surface area contributed by atoms with Crippen LogP contribution in [-0.4, -0.2) is 60.3 Å². The quantitative estimate of drug-likeness (QED) is 0.431. The molecule has 0 bridgehead atoms. The summed E-state index contributed by atoms with van der Waals surface area (Å²) >= 11 is 6.45. The molecule has 4 heterocycles. The fourth-order valence-corrected chi connectivity index (χ4v) is 5.28. The molecule has 2 aliphatic rings. The van der Waals surface area contributed by atoms with Gasteiger partial charge >= 0.3 is 0 Å². The normalized spacial score (nSPS) is 16.6. The van der Waals surface area contributed by atoms with Crippen LogP contribution in [0.25, 0.3) is 10.9 Å². The molecular weight excluding hydrogens is 494 g/mol. The predicted molar refractivity (Wildman–Crippen MR) is 145 cm³/mol. The van der Waals surface area contributed by atoms with Gasteiger partial charge in [-0.25, -0.2) is 4.98 Å². The van der Waals surface area contributed by atoms with E-state index < -0.39 is 0 Å². The van der Waals surface area contributed by atoms with Crippen molar-refractivity contribution in [3.05, 3.63) is 45.8 Å². The number of fused-ring (bicyclic) bond motifs is 1. The van der Waals surface area contributed by atoms with Crippen LogP contribution in [0.2, 0.25) is 5.02 Å². The Morgan fingerprint density at radius 3 is 2.70 bits per heavy atom. The van der Waals surface area contributed by atoms with Crippen LogP contribution in [0.1, 0.15) is 32.7 Å². The zero-order valence-corrected chi connectivity index (χ0v) is 22.1. The Labute approximate surface area is 220 Å². The molecule has 0 radical (unpaired) electrons. The summed E-state index contributed by atoms with van der Waals surface area (Å²) in [7, 11) is 1.52. The maximum Gasteiger partial charge on any atom is 0.293 e. The van der Waals surface area contributed by atoms with Crippen molar-refractivity contribution in [3.8, 4) is 5.75 Å². The Morgan fingerprint density at radius 1 is 1.24 bits per heavy atom. The molecule has 1 aromatic carbocycles. The number of carbonyl (C=O) groups is 1. The van der Waals surface area contributed by atoms with Gasteiger partial charge in [-0.3, -0.25) is 9.59 Å². The smallest absolute Gasteiger partial charge is 0.293 e. The van der Waals surface area contributed by atoms with Gasteiger partial charge in [-0.2, -0.15) is 4.98 Å². The highest BCUT2D eigenvalue weighted by Gasteiger charge is 2.44. The number of amides is 1. The second-order valence-electron chi connectivity index (χ2n) is 10.1. The van der Waals surface area contributed by atoms with Crippen LogP contribution in [-0.2, 0) is 4.79 Å². The number of piperidine rings is 1. The van der Waals surface area contributed by atoms with Crippen LogP contribution in [0.4, 0.5) is 17.5 Å². The van der Waals surface area contributed by atoms with Crippen molar-refractivity contribution in [2.45, 2.75) is 32.7 Å². The molecule has 10 nitrogen and oxygen atoms in total. The monoisotopic (exact) mass is 525 g/mol. The van der Waals surface area contributed by atoms with E-state index in [2.05, 4.69) is 25.8 Å². The number of pyridine rings is 1. The molecule has 0 unspecified atom stereocenters. The van der Waals surface area contributed by atoms with Crippen molar-refractivity contribution in [1.29, 1.82) is 0 Å². The zero-order chi connectivity index (χ0) is 26.2. The van der Waals surface area contributed by atoms with Crippen LogP contribution in [0, 0.1) is 5.41 Å². The first-order chi connectivity index (χ1) is 17.8. The summed E-state index contributed by atoms with van der Waals surface area (Å²) in [6.07, 6.45) is 3.98. The van der Waals surface area contributed by atoms with Crippen LogP contribution in [0.15, 0.2) is 35.3 Å². The molecule has 0 aliphatic carbocycles. The summed E-state index contributed by atoms with van der Waals surface area (Å²) in [6.45, 7) is 7.67. The fraction of sp³-hybridized carbons (Fsp3) is 0.462. The standard InChI is InChI=1S/C26H32ClN7O3/c1-16(2)34-20-5-4-18(10-17(20)11-21(24(34)36)37-13-22(35)28-3)31-23-19(27)12-30-25(32-23)33-14-26(15-33)6-8-29-9-7-26/h4-5,10-12,16,29H,6-9,13-15H2,1-3H3,(H,28,35)(H,30,31,32). The maximum atomic E-state index is 13.0. The van der Waals surface area contributed by atoms with Gasteiger partial charge in [0.15, 0.2) is 18.2 Å². The van der Waals surface area contributed by atoms with E-state index in [0.29, 0.717) is 22.2 Å². The topological polar surface area (TPSA) is 113 Å². The Morgan fingerprint density at radius 2 is 2.00 bits per heavy atom. The molecule has 3 aromatic rings. The maximum absolute atomic E-state index is 13.0. The number of ether oxygens (including phenoxy) is 1. The Balaban J connectivity index is 1.41. The minimum Gasteiger partial charge on any atom is -0.478 e. The third kappa shape index (κ3) is 5.08. The number of likely N-dealkylation sites (N-methyl/N-ethyl adjacent to an activating group) is 1. The van der Waals surface area contributed by atoms with E-state index >= 15 is 0 Å². The zero-order valence-electron chi connectivity index (χ0n) is 21.3. The summed E-state index contributed by atoms with van der Waals surface area (Å²) in [6, 6.07) is 7.24. The predicted octanol–water partition coefficient (Wildman–Crippen LogP) is 3.08. The molecule has 11 heteroatoms. The highest BCUT2D eigenvalue weighted by atomic mass is 35.5. The lowest BCUT2D eigenvalue weighted by atomic mass is 9.72. The van der Waals surface area contributed by atoms with Gasteiger partial charge in [-0.1, -0.05) is 11.6 Å². The first-order valence-electron chi connectivity index (χ1n) is 12.6. The number of hydrogen-bond acceptors (Lipinski definition) is 8. The Kier molecular flexibility index (Phi) is 6.96. The number of nitrogens with one attached hydrogen (secondary N) is 3. The molecular formula is C26H32ClN7O3. The summed E-state index contributed by atoms with van der Waals surface area (Å²) in [5, 5.41) is 10.4. The van der Waals surface area contributed by atoms with E-state index in [-0.39, 0.29) is 29.9 Å². The van der Waals surface area contributed by atoms with Gasteiger partial charge in [0.1, 0.15) is 5.02 Å². The average Bonchev–Trinajstić information content (AvgIpc) is 2.87. The second kappa shape index (κ2) is 10.2. The van der Waals surface area contributed by atoms with E-state index in [4.69, 9.17) is 21.3 Å². The number of anilines is 3. The first kappa shape index (κ1) is 25.3. The molecule has 1 spiro atoms. The number of carbonyl (C=O) groups excluding carboxylic acids is 1.